The van der Waals surface area contributed by atoms with E-state index in [1.807, 2.05) is 56.3 Å². The zero-order valence-electron chi connectivity index (χ0n) is 23.5. The second kappa shape index (κ2) is 12.5. The number of benzene rings is 3. The maximum Gasteiger partial charge on any atom is 0.337 e. The van der Waals surface area contributed by atoms with Gasteiger partial charge in [-0.3, -0.25) is 9.97 Å². The standard InChI is InChI=1S/C17H18N2O2.C17H14N2O2/c2*1-11-6-7-16(14(8-11)17(20)21)19-13-9-12-4-2-3-5-15(12)18-10-13/h6-10,19H,2-5H2,1H3,(H,20,21);2-10,19H,1H3,(H,20,21). The highest BCUT2D eigenvalue weighted by Gasteiger charge is 2.14. The van der Waals surface area contributed by atoms with Gasteiger partial charge in [0.25, 0.3) is 0 Å². The third-order valence-corrected chi connectivity index (χ3v) is 7.13. The number of pyridine rings is 2. The number of fused-ring (bicyclic) bond motifs is 2. The number of rotatable bonds is 6. The summed E-state index contributed by atoms with van der Waals surface area (Å²) in [6.45, 7) is 3.75. The molecule has 2 heterocycles. The molecule has 0 amide bonds. The van der Waals surface area contributed by atoms with E-state index in [9.17, 15) is 19.8 Å². The number of aromatic carboxylic acids is 2. The van der Waals surface area contributed by atoms with E-state index in [0.29, 0.717) is 11.4 Å². The second-order valence-corrected chi connectivity index (χ2v) is 10.4. The molecule has 0 radical (unpaired) electrons. The number of anilines is 4. The van der Waals surface area contributed by atoms with Gasteiger partial charge >= 0.3 is 11.9 Å². The zero-order chi connectivity index (χ0) is 29.6. The number of nitrogens with one attached hydrogen (secondary N) is 2. The SMILES string of the molecule is Cc1ccc(Nc2cnc3c(c2)CCCC3)c(C(=O)O)c1.Cc1ccc(Nc2cnc3ccccc3c2)c(C(=O)O)c1. The summed E-state index contributed by atoms with van der Waals surface area (Å²) in [5.74, 6) is -1.87. The Morgan fingerprint density at radius 2 is 1.26 bits per heavy atom. The van der Waals surface area contributed by atoms with Crippen LogP contribution in [0.1, 0.15) is 55.9 Å². The van der Waals surface area contributed by atoms with E-state index in [1.165, 1.54) is 24.1 Å². The minimum atomic E-state index is -0.949. The van der Waals surface area contributed by atoms with Gasteiger partial charge in [0.15, 0.2) is 0 Å². The van der Waals surface area contributed by atoms with Crippen LogP contribution in [0, 0.1) is 13.8 Å². The summed E-state index contributed by atoms with van der Waals surface area (Å²) in [7, 11) is 0. The van der Waals surface area contributed by atoms with Crippen LogP contribution in [-0.2, 0) is 12.8 Å². The van der Waals surface area contributed by atoms with Crippen LogP contribution in [0.3, 0.4) is 0 Å². The van der Waals surface area contributed by atoms with Crippen molar-refractivity contribution < 1.29 is 19.8 Å². The lowest BCUT2D eigenvalue weighted by Gasteiger charge is -2.16. The first-order valence-electron chi connectivity index (χ1n) is 13.8. The topological polar surface area (TPSA) is 124 Å². The molecule has 212 valence electrons. The number of carbonyl (C=O) groups is 2. The summed E-state index contributed by atoms with van der Waals surface area (Å²) in [5, 5.41) is 25.9. The van der Waals surface area contributed by atoms with Gasteiger partial charge in [-0.1, -0.05) is 41.5 Å². The van der Waals surface area contributed by atoms with Gasteiger partial charge in [0.1, 0.15) is 0 Å². The summed E-state index contributed by atoms with van der Waals surface area (Å²) in [5.41, 5.74) is 8.51. The Balaban J connectivity index is 0.000000168. The van der Waals surface area contributed by atoms with Gasteiger partial charge < -0.3 is 20.8 Å². The fraction of sp³-hybridized carbons (Fsp3) is 0.176. The third-order valence-electron chi connectivity index (χ3n) is 7.13. The lowest BCUT2D eigenvalue weighted by Crippen LogP contribution is -2.07. The maximum atomic E-state index is 11.3. The van der Waals surface area contributed by atoms with Gasteiger partial charge in [0.05, 0.1) is 51.8 Å². The van der Waals surface area contributed by atoms with Crippen molar-refractivity contribution in [1.82, 2.24) is 9.97 Å². The zero-order valence-corrected chi connectivity index (χ0v) is 23.5. The molecule has 42 heavy (non-hydrogen) atoms. The summed E-state index contributed by atoms with van der Waals surface area (Å²) in [6.07, 6.45) is 7.98. The molecule has 0 saturated carbocycles. The minimum absolute atomic E-state index is 0.253. The normalized spacial score (nSPS) is 12.0. The predicted molar refractivity (Wildman–Crippen MR) is 165 cm³/mol. The lowest BCUT2D eigenvalue weighted by atomic mass is 9.96. The van der Waals surface area contributed by atoms with Crippen molar-refractivity contribution in [2.75, 3.05) is 10.6 Å². The maximum absolute atomic E-state index is 11.3. The Bertz CT molecular complexity index is 1780. The first-order chi connectivity index (χ1) is 20.3. The smallest absolute Gasteiger partial charge is 0.337 e. The molecule has 0 atom stereocenters. The van der Waals surface area contributed by atoms with Gasteiger partial charge in [-0.25, -0.2) is 9.59 Å². The summed E-state index contributed by atoms with van der Waals surface area (Å²) in [6, 6.07) is 22.5. The molecule has 8 nitrogen and oxygen atoms in total. The van der Waals surface area contributed by atoms with Crippen molar-refractivity contribution in [3.05, 3.63) is 119 Å². The van der Waals surface area contributed by atoms with Gasteiger partial charge in [-0.2, -0.15) is 0 Å². The number of carboxylic acid groups (broad SMARTS) is 2. The molecule has 0 fully saturated rings. The highest BCUT2D eigenvalue weighted by Crippen LogP contribution is 2.27. The van der Waals surface area contributed by atoms with E-state index >= 15 is 0 Å². The second-order valence-electron chi connectivity index (χ2n) is 10.4. The number of aryl methyl sites for hydroxylation is 4. The highest BCUT2D eigenvalue weighted by molar-refractivity contribution is 5.96. The molecule has 3 aromatic carbocycles. The van der Waals surface area contributed by atoms with Crippen molar-refractivity contribution in [2.45, 2.75) is 39.5 Å². The summed E-state index contributed by atoms with van der Waals surface area (Å²) >= 11 is 0. The molecular formula is C34H32N4O4. The molecule has 0 aliphatic heterocycles. The highest BCUT2D eigenvalue weighted by atomic mass is 16.4. The summed E-state index contributed by atoms with van der Waals surface area (Å²) in [4.78, 5) is 31.5. The van der Waals surface area contributed by atoms with Crippen molar-refractivity contribution >= 4 is 45.6 Å². The lowest BCUT2D eigenvalue weighted by molar-refractivity contribution is 0.0687. The van der Waals surface area contributed by atoms with Crippen LogP contribution < -0.4 is 10.6 Å². The molecule has 0 spiro atoms. The number of para-hydroxylation sites is 1. The van der Waals surface area contributed by atoms with E-state index < -0.39 is 11.9 Å². The monoisotopic (exact) mass is 560 g/mol. The average Bonchev–Trinajstić information content (AvgIpc) is 2.99. The molecule has 0 unspecified atom stereocenters. The molecule has 0 saturated heterocycles. The van der Waals surface area contributed by atoms with Gasteiger partial charge in [-0.15, -0.1) is 0 Å². The average molecular weight is 561 g/mol. The molecule has 5 aromatic rings. The molecule has 2 aromatic heterocycles. The third kappa shape index (κ3) is 6.72. The molecular weight excluding hydrogens is 528 g/mol. The Hall–Kier alpha value is -5.24. The van der Waals surface area contributed by atoms with Crippen molar-refractivity contribution in [3.63, 3.8) is 0 Å². The van der Waals surface area contributed by atoms with E-state index in [1.54, 1.807) is 36.7 Å². The fourth-order valence-electron chi connectivity index (χ4n) is 4.99. The number of hydrogen-bond donors (Lipinski definition) is 4. The molecule has 1 aliphatic rings. The molecule has 0 bridgehead atoms. The Morgan fingerprint density at radius 1 is 0.690 bits per heavy atom. The van der Waals surface area contributed by atoms with Crippen LogP contribution in [0.2, 0.25) is 0 Å². The first-order valence-corrected chi connectivity index (χ1v) is 13.8. The molecule has 1 aliphatic carbocycles. The number of hydrogen-bond acceptors (Lipinski definition) is 6. The van der Waals surface area contributed by atoms with E-state index in [0.717, 1.165) is 46.2 Å². The number of carboxylic acids is 2. The van der Waals surface area contributed by atoms with E-state index in [-0.39, 0.29) is 11.1 Å². The fourth-order valence-corrected chi connectivity index (χ4v) is 4.99. The Kier molecular flexibility index (Phi) is 8.43. The van der Waals surface area contributed by atoms with Gasteiger partial charge in [0.2, 0.25) is 0 Å². The van der Waals surface area contributed by atoms with Crippen LogP contribution in [0.4, 0.5) is 22.7 Å². The summed E-state index contributed by atoms with van der Waals surface area (Å²) < 4.78 is 0. The van der Waals surface area contributed by atoms with E-state index in [2.05, 4.69) is 26.7 Å². The van der Waals surface area contributed by atoms with Crippen LogP contribution in [0.25, 0.3) is 10.9 Å². The van der Waals surface area contributed by atoms with Gasteiger partial charge in [-0.05, 0) is 87.6 Å². The Labute approximate surface area is 244 Å². The largest absolute Gasteiger partial charge is 0.478 e. The van der Waals surface area contributed by atoms with Crippen LogP contribution in [0.5, 0.6) is 0 Å². The van der Waals surface area contributed by atoms with Crippen molar-refractivity contribution in [2.24, 2.45) is 0 Å². The van der Waals surface area contributed by atoms with Crippen LogP contribution in [-0.4, -0.2) is 32.1 Å². The predicted octanol–water partition coefficient (Wildman–Crippen LogP) is 7.70. The van der Waals surface area contributed by atoms with Crippen LogP contribution in [0.15, 0.2) is 85.2 Å². The van der Waals surface area contributed by atoms with E-state index in [4.69, 9.17) is 0 Å². The van der Waals surface area contributed by atoms with Crippen molar-refractivity contribution in [3.8, 4) is 0 Å². The quantitative estimate of drug-likeness (QED) is 0.167. The van der Waals surface area contributed by atoms with Gasteiger partial charge in [0, 0.05) is 11.1 Å². The number of nitrogens with zero attached hydrogens (tertiary/aromatic N) is 2. The molecule has 6 rings (SSSR count). The minimum Gasteiger partial charge on any atom is -0.478 e. The van der Waals surface area contributed by atoms with Crippen molar-refractivity contribution in [1.29, 1.82) is 0 Å². The first kappa shape index (κ1) is 28.3. The molecule has 4 N–H and O–H groups in total. The Morgan fingerprint density at radius 3 is 1.90 bits per heavy atom. The van der Waals surface area contributed by atoms with Crippen LogP contribution >= 0.6 is 0 Å². The molecule has 8 heteroatoms. The number of aromatic nitrogens is 2.